The van der Waals surface area contributed by atoms with Crippen LogP contribution in [0.4, 0.5) is 5.69 Å². The highest BCUT2D eigenvalue weighted by atomic mass is 35.5. The van der Waals surface area contributed by atoms with E-state index >= 15 is 0 Å². The summed E-state index contributed by atoms with van der Waals surface area (Å²) in [4.78, 5) is 17.0. The van der Waals surface area contributed by atoms with Crippen LogP contribution in [0.3, 0.4) is 0 Å². The van der Waals surface area contributed by atoms with Crippen molar-refractivity contribution >= 4 is 68.1 Å². The standard InChI is InChI=1S/C22H26Cl2N4OS2/c1-3-13(14-4-6-16(23)17(24)10-14)8-9-22(2,26)28-20(29)12-30-21-27-18-7-5-15(25)11-19(18)31-21/h4-7,10-11,13H,3,8-9,12,25-26H2,1-2H3,(H,28,29). The number of thiazole rings is 1. The first-order chi connectivity index (χ1) is 14.7. The zero-order chi connectivity index (χ0) is 22.6. The van der Waals surface area contributed by atoms with Gasteiger partial charge in [-0.3, -0.25) is 4.79 Å². The van der Waals surface area contributed by atoms with Crippen molar-refractivity contribution in [1.29, 1.82) is 0 Å². The van der Waals surface area contributed by atoms with Crippen LogP contribution >= 0.6 is 46.3 Å². The normalized spacial score (nSPS) is 14.4. The molecule has 3 aromatic rings. The summed E-state index contributed by atoms with van der Waals surface area (Å²) in [5.41, 5.74) is 14.1. The number of carbonyl (C=O) groups excluding carboxylic acids is 1. The lowest BCUT2D eigenvalue weighted by Crippen LogP contribution is -2.54. The molecular weight excluding hydrogens is 471 g/mol. The molecule has 5 N–H and O–H groups in total. The Bertz CT molecular complexity index is 1070. The predicted octanol–water partition coefficient (Wildman–Crippen LogP) is 6.04. The largest absolute Gasteiger partial charge is 0.399 e. The minimum atomic E-state index is -0.802. The molecule has 0 aliphatic carbocycles. The van der Waals surface area contributed by atoms with Crippen LogP contribution in [0.1, 0.15) is 44.6 Å². The Morgan fingerprint density at radius 2 is 2.03 bits per heavy atom. The van der Waals surface area contributed by atoms with Crippen LogP contribution in [-0.2, 0) is 4.79 Å². The predicted molar refractivity (Wildman–Crippen MR) is 134 cm³/mol. The molecule has 0 aliphatic heterocycles. The summed E-state index contributed by atoms with van der Waals surface area (Å²) < 4.78 is 1.85. The van der Waals surface area contributed by atoms with Crippen LogP contribution in [0.15, 0.2) is 40.7 Å². The van der Waals surface area contributed by atoms with E-state index in [0.29, 0.717) is 28.1 Å². The van der Waals surface area contributed by atoms with Crippen LogP contribution in [0.2, 0.25) is 10.0 Å². The summed E-state index contributed by atoms with van der Waals surface area (Å²) in [6, 6.07) is 11.3. The van der Waals surface area contributed by atoms with Gasteiger partial charge in [0.1, 0.15) is 0 Å². The van der Waals surface area contributed by atoms with Crippen LogP contribution in [-0.4, -0.2) is 22.3 Å². The molecule has 0 bridgehead atoms. The molecule has 0 aliphatic rings. The summed E-state index contributed by atoms with van der Waals surface area (Å²) in [6.45, 7) is 3.97. The Morgan fingerprint density at radius 1 is 1.26 bits per heavy atom. The average molecular weight is 498 g/mol. The van der Waals surface area contributed by atoms with Gasteiger partial charge >= 0.3 is 0 Å². The number of halogens is 2. The Labute approximate surface area is 200 Å². The van der Waals surface area contributed by atoms with Gasteiger partial charge in [-0.1, -0.05) is 48.0 Å². The minimum Gasteiger partial charge on any atom is -0.399 e. The molecule has 166 valence electrons. The van der Waals surface area contributed by atoms with Gasteiger partial charge in [-0.05, 0) is 68.0 Å². The summed E-state index contributed by atoms with van der Waals surface area (Å²) in [5, 5.41) is 4.05. The number of anilines is 1. The Balaban J connectivity index is 1.52. The third kappa shape index (κ3) is 6.73. The third-order valence-corrected chi connectivity index (χ3v) is 7.96. The second kappa shape index (κ2) is 10.4. The number of amides is 1. The monoisotopic (exact) mass is 496 g/mol. The molecule has 0 fully saturated rings. The molecule has 0 spiro atoms. The molecule has 5 nitrogen and oxygen atoms in total. The van der Waals surface area contributed by atoms with Gasteiger partial charge in [0, 0.05) is 5.69 Å². The Morgan fingerprint density at radius 3 is 2.74 bits per heavy atom. The number of thioether (sulfide) groups is 1. The van der Waals surface area contributed by atoms with Gasteiger partial charge < -0.3 is 16.8 Å². The van der Waals surface area contributed by atoms with Gasteiger partial charge in [-0.2, -0.15) is 0 Å². The second-order valence-corrected chi connectivity index (χ2v) is 10.8. The lowest BCUT2D eigenvalue weighted by molar-refractivity contribution is -0.120. The fourth-order valence-corrected chi connectivity index (χ4v) is 5.60. The number of rotatable bonds is 9. The van der Waals surface area contributed by atoms with Gasteiger partial charge in [0.25, 0.3) is 0 Å². The third-order valence-electron chi connectivity index (χ3n) is 5.06. The molecular formula is C22H26Cl2N4OS2. The topological polar surface area (TPSA) is 94.0 Å². The first kappa shape index (κ1) is 24.1. The van der Waals surface area contributed by atoms with E-state index in [1.165, 1.54) is 23.1 Å². The van der Waals surface area contributed by atoms with Crippen molar-refractivity contribution < 1.29 is 4.79 Å². The van der Waals surface area contributed by atoms with E-state index in [4.69, 9.17) is 34.7 Å². The molecule has 0 saturated heterocycles. The van der Waals surface area contributed by atoms with Crippen LogP contribution in [0.5, 0.6) is 0 Å². The van der Waals surface area contributed by atoms with Gasteiger partial charge in [-0.25, -0.2) is 4.98 Å². The molecule has 1 heterocycles. The minimum absolute atomic E-state index is 0.114. The van der Waals surface area contributed by atoms with Crippen LogP contribution in [0.25, 0.3) is 10.2 Å². The summed E-state index contributed by atoms with van der Waals surface area (Å²) in [6.07, 6.45) is 2.41. The number of hydrogen-bond acceptors (Lipinski definition) is 6. The van der Waals surface area contributed by atoms with Crippen LogP contribution in [0, 0.1) is 0 Å². The van der Waals surface area contributed by atoms with Gasteiger partial charge in [-0.15, -0.1) is 11.3 Å². The van der Waals surface area contributed by atoms with E-state index in [0.717, 1.165) is 33.0 Å². The fourth-order valence-electron chi connectivity index (χ4n) is 3.37. The molecule has 1 amide bonds. The quantitative estimate of drug-likeness (QED) is 0.190. The maximum absolute atomic E-state index is 12.5. The maximum atomic E-state index is 12.5. The second-order valence-electron chi connectivity index (χ2n) is 7.78. The first-order valence-electron chi connectivity index (χ1n) is 10.0. The van der Waals surface area contributed by atoms with Gasteiger partial charge in [0.05, 0.1) is 31.7 Å². The van der Waals surface area contributed by atoms with Crippen molar-refractivity contribution in [3.8, 4) is 0 Å². The number of hydrogen-bond donors (Lipinski definition) is 3. The number of carbonyl (C=O) groups is 1. The molecule has 2 atom stereocenters. The van der Waals surface area contributed by atoms with E-state index in [2.05, 4.69) is 17.2 Å². The van der Waals surface area contributed by atoms with E-state index in [-0.39, 0.29) is 11.7 Å². The first-order valence-corrected chi connectivity index (χ1v) is 12.6. The zero-order valence-electron chi connectivity index (χ0n) is 17.5. The van der Waals surface area contributed by atoms with E-state index in [9.17, 15) is 4.79 Å². The lowest BCUT2D eigenvalue weighted by atomic mass is 9.89. The molecule has 1 aromatic heterocycles. The molecule has 0 radical (unpaired) electrons. The Kier molecular flexibility index (Phi) is 8.10. The van der Waals surface area contributed by atoms with Crippen molar-refractivity contribution in [3.05, 3.63) is 52.0 Å². The lowest BCUT2D eigenvalue weighted by Gasteiger charge is -2.28. The molecule has 0 saturated carbocycles. The number of nitrogens with two attached hydrogens (primary N) is 2. The summed E-state index contributed by atoms with van der Waals surface area (Å²) >= 11 is 15.1. The molecule has 2 aromatic carbocycles. The van der Waals surface area contributed by atoms with Crippen molar-refractivity contribution in [2.24, 2.45) is 5.73 Å². The molecule has 3 rings (SSSR count). The fraction of sp³-hybridized carbons (Fsp3) is 0.364. The van der Waals surface area contributed by atoms with E-state index < -0.39 is 5.66 Å². The highest BCUT2D eigenvalue weighted by molar-refractivity contribution is 8.01. The number of aromatic nitrogens is 1. The highest BCUT2D eigenvalue weighted by Gasteiger charge is 2.23. The van der Waals surface area contributed by atoms with Crippen molar-refractivity contribution in [2.45, 2.75) is 49.0 Å². The van der Waals surface area contributed by atoms with Gasteiger partial charge in [0.15, 0.2) is 4.34 Å². The Hall–Kier alpha value is -1.51. The molecule has 9 heteroatoms. The zero-order valence-corrected chi connectivity index (χ0v) is 20.6. The van der Waals surface area contributed by atoms with Crippen molar-refractivity contribution in [1.82, 2.24) is 10.3 Å². The number of nitrogens with zero attached hydrogens (tertiary/aromatic N) is 1. The molecule has 31 heavy (non-hydrogen) atoms. The van der Waals surface area contributed by atoms with E-state index in [1.54, 1.807) is 0 Å². The van der Waals surface area contributed by atoms with Crippen molar-refractivity contribution in [3.63, 3.8) is 0 Å². The van der Waals surface area contributed by atoms with Gasteiger partial charge in [0.2, 0.25) is 5.91 Å². The SMILES string of the molecule is CCC(CCC(C)(N)NC(=O)CSc1nc2ccc(N)cc2s1)c1ccc(Cl)c(Cl)c1. The smallest absolute Gasteiger partial charge is 0.231 e. The maximum Gasteiger partial charge on any atom is 0.231 e. The number of nitrogens with one attached hydrogen (secondary N) is 1. The highest BCUT2D eigenvalue weighted by Crippen LogP contribution is 2.32. The number of nitrogen functional groups attached to an aromatic ring is 1. The number of fused-ring (bicyclic) bond motifs is 1. The summed E-state index contributed by atoms with van der Waals surface area (Å²) in [7, 11) is 0. The van der Waals surface area contributed by atoms with Crippen molar-refractivity contribution in [2.75, 3.05) is 11.5 Å². The summed E-state index contributed by atoms with van der Waals surface area (Å²) in [5.74, 6) is 0.432. The molecule has 2 unspecified atom stereocenters. The van der Waals surface area contributed by atoms with E-state index in [1.807, 2.05) is 43.3 Å². The van der Waals surface area contributed by atoms with Crippen LogP contribution < -0.4 is 16.8 Å². The average Bonchev–Trinajstić information content (AvgIpc) is 3.11. The number of benzene rings is 2.